The molecule has 1 aliphatic heterocycles. The zero-order valence-electron chi connectivity index (χ0n) is 17.7. The maximum Gasteiger partial charge on any atom is 0.387 e. The largest absolute Gasteiger partial charge is 0.433 e. The Hall–Kier alpha value is -2.30. The average molecular weight is 440 g/mol. The molecule has 172 valence electrons. The van der Waals surface area contributed by atoms with Crippen LogP contribution in [0, 0.1) is 5.92 Å². The summed E-state index contributed by atoms with van der Waals surface area (Å²) in [6.45, 7) is 1.01. The van der Waals surface area contributed by atoms with E-state index in [1.807, 2.05) is 11.8 Å². The zero-order chi connectivity index (χ0) is 22.4. The predicted molar refractivity (Wildman–Crippen MR) is 112 cm³/mol. The van der Waals surface area contributed by atoms with E-state index in [1.54, 1.807) is 6.07 Å². The van der Waals surface area contributed by atoms with Crippen LogP contribution in [-0.4, -0.2) is 68.8 Å². The highest BCUT2D eigenvalue weighted by Gasteiger charge is 2.29. The van der Waals surface area contributed by atoms with E-state index in [0.29, 0.717) is 31.3 Å². The molecule has 0 spiro atoms. The first-order valence-electron chi connectivity index (χ1n) is 10.6. The summed E-state index contributed by atoms with van der Waals surface area (Å²) in [7, 11) is 0. The van der Waals surface area contributed by atoms with Crippen LogP contribution in [0.15, 0.2) is 18.2 Å². The Bertz CT molecular complexity index is 776. The molecule has 0 bridgehead atoms. The molecule has 3 N–H and O–H groups in total. The summed E-state index contributed by atoms with van der Waals surface area (Å²) in [5.41, 5.74) is 6.39. The number of nitrogens with two attached hydrogens (primary N) is 1. The minimum absolute atomic E-state index is 0.0739. The number of anilines is 2. The van der Waals surface area contributed by atoms with Gasteiger partial charge in [-0.15, -0.1) is 0 Å². The number of nitrogens with zero attached hydrogens (tertiary/aromatic N) is 2. The summed E-state index contributed by atoms with van der Waals surface area (Å²) in [5.74, 6) is -0.301. The highest BCUT2D eigenvalue weighted by molar-refractivity contribution is 5.98. The first kappa shape index (κ1) is 23.4. The van der Waals surface area contributed by atoms with Gasteiger partial charge in [-0.05, 0) is 37.4 Å². The predicted octanol–water partition coefficient (Wildman–Crippen LogP) is 2.04. The molecule has 1 atom stereocenters. The fourth-order valence-corrected chi connectivity index (χ4v) is 3.89. The van der Waals surface area contributed by atoms with Crippen LogP contribution in [0.2, 0.25) is 0 Å². The second-order valence-electron chi connectivity index (χ2n) is 7.78. The van der Waals surface area contributed by atoms with Crippen molar-refractivity contribution in [3.05, 3.63) is 18.2 Å². The van der Waals surface area contributed by atoms with E-state index < -0.39 is 12.7 Å². The minimum atomic E-state index is -3.08. The monoisotopic (exact) mass is 440 g/mol. The second kappa shape index (κ2) is 10.8. The van der Waals surface area contributed by atoms with Crippen molar-refractivity contribution in [1.29, 1.82) is 0 Å². The molecule has 0 radical (unpaired) electrons. The number of amides is 2. The maximum absolute atomic E-state index is 13.0. The van der Waals surface area contributed by atoms with Crippen molar-refractivity contribution in [3.8, 4) is 5.75 Å². The second-order valence-corrected chi connectivity index (χ2v) is 7.78. The molecule has 1 aromatic rings. The van der Waals surface area contributed by atoms with Crippen LogP contribution in [0.5, 0.6) is 5.75 Å². The third kappa shape index (κ3) is 5.90. The van der Waals surface area contributed by atoms with Gasteiger partial charge in [0, 0.05) is 31.4 Å². The number of alkyl halides is 2. The molecule has 2 aliphatic rings. The van der Waals surface area contributed by atoms with Gasteiger partial charge in [-0.25, -0.2) is 0 Å². The molecule has 8 nitrogen and oxygen atoms in total. The van der Waals surface area contributed by atoms with E-state index in [4.69, 9.17) is 10.5 Å². The number of morpholine rings is 1. The number of halogens is 2. The Kier molecular flexibility index (Phi) is 8.16. The van der Waals surface area contributed by atoms with Crippen LogP contribution in [0.25, 0.3) is 0 Å². The van der Waals surface area contributed by atoms with Crippen molar-refractivity contribution in [2.24, 2.45) is 11.7 Å². The van der Waals surface area contributed by atoms with Crippen molar-refractivity contribution >= 4 is 23.2 Å². The first-order valence-corrected chi connectivity index (χ1v) is 10.6. The SMILES string of the molecule is CCN(CC1CCC1)[C@H](CN)C(=O)Nc1ccc(N2CCOCC2=O)cc1OC(F)F. The molecule has 0 aromatic heterocycles. The molecule has 1 saturated carbocycles. The van der Waals surface area contributed by atoms with E-state index in [0.717, 1.165) is 19.4 Å². The lowest BCUT2D eigenvalue weighted by Gasteiger charge is -2.35. The summed E-state index contributed by atoms with van der Waals surface area (Å²) in [4.78, 5) is 28.5. The average Bonchev–Trinajstić information content (AvgIpc) is 2.71. The molecular weight excluding hydrogens is 410 g/mol. The summed E-state index contributed by atoms with van der Waals surface area (Å²) >= 11 is 0. The number of likely N-dealkylation sites (N-methyl/N-ethyl adjacent to an activating group) is 1. The Morgan fingerprint density at radius 1 is 1.42 bits per heavy atom. The number of carbonyl (C=O) groups is 2. The molecule has 10 heteroatoms. The van der Waals surface area contributed by atoms with Gasteiger partial charge in [0.1, 0.15) is 12.6 Å². The molecule has 2 amide bonds. The van der Waals surface area contributed by atoms with Crippen LogP contribution in [-0.2, 0) is 14.3 Å². The molecule has 0 unspecified atom stereocenters. The topological polar surface area (TPSA) is 97.1 Å². The van der Waals surface area contributed by atoms with Crippen LogP contribution in [0.1, 0.15) is 26.2 Å². The van der Waals surface area contributed by atoms with Crippen molar-refractivity contribution in [1.82, 2.24) is 4.90 Å². The summed E-state index contributed by atoms with van der Waals surface area (Å²) in [5, 5.41) is 2.69. The third-order valence-electron chi connectivity index (χ3n) is 5.83. The smallest absolute Gasteiger partial charge is 0.387 e. The number of hydrogen-bond donors (Lipinski definition) is 2. The molecule has 1 heterocycles. The first-order chi connectivity index (χ1) is 14.9. The molecule has 1 aromatic carbocycles. The summed E-state index contributed by atoms with van der Waals surface area (Å²) < 4.78 is 35.8. The van der Waals surface area contributed by atoms with Crippen molar-refractivity contribution in [2.75, 3.05) is 49.6 Å². The van der Waals surface area contributed by atoms with Crippen molar-refractivity contribution < 1.29 is 27.8 Å². The lowest BCUT2D eigenvalue weighted by Crippen LogP contribution is -2.50. The maximum atomic E-state index is 13.0. The van der Waals surface area contributed by atoms with Gasteiger partial charge in [-0.3, -0.25) is 14.5 Å². The fraction of sp³-hybridized carbons (Fsp3) is 0.619. The van der Waals surface area contributed by atoms with Crippen LogP contribution < -0.4 is 20.7 Å². The van der Waals surface area contributed by atoms with E-state index in [1.165, 1.54) is 23.5 Å². The summed E-state index contributed by atoms with van der Waals surface area (Å²) in [6.07, 6.45) is 3.49. The quantitative estimate of drug-likeness (QED) is 0.578. The van der Waals surface area contributed by atoms with Gasteiger partial charge in [-0.1, -0.05) is 13.3 Å². The van der Waals surface area contributed by atoms with Gasteiger partial charge >= 0.3 is 6.61 Å². The minimum Gasteiger partial charge on any atom is -0.433 e. The molecule has 31 heavy (non-hydrogen) atoms. The van der Waals surface area contributed by atoms with Gasteiger partial charge in [0.25, 0.3) is 5.91 Å². The molecule has 3 rings (SSSR count). The van der Waals surface area contributed by atoms with E-state index in [2.05, 4.69) is 10.1 Å². The molecule has 2 fully saturated rings. The lowest BCUT2D eigenvalue weighted by atomic mass is 9.85. The molecular formula is C21H30F2N4O4. The number of benzene rings is 1. The van der Waals surface area contributed by atoms with E-state index in [9.17, 15) is 18.4 Å². The van der Waals surface area contributed by atoms with E-state index >= 15 is 0 Å². The van der Waals surface area contributed by atoms with Gasteiger partial charge in [0.15, 0.2) is 5.75 Å². The van der Waals surface area contributed by atoms with Crippen molar-refractivity contribution in [2.45, 2.75) is 38.8 Å². The Morgan fingerprint density at radius 2 is 2.19 bits per heavy atom. The van der Waals surface area contributed by atoms with Crippen LogP contribution in [0.4, 0.5) is 20.2 Å². The zero-order valence-corrected chi connectivity index (χ0v) is 17.7. The van der Waals surface area contributed by atoms with Crippen molar-refractivity contribution in [3.63, 3.8) is 0 Å². The Labute approximate surface area is 180 Å². The van der Waals surface area contributed by atoms with Gasteiger partial charge in [0.05, 0.1) is 12.3 Å². The highest BCUT2D eigenvalue weighted by Crippen LogP contribution is 2.32. The number of ether oxygens (including phenoxy) is 2. The van der Waals surface area contributed by atoms with Gasteiger partial charge in [0.2, 0.25) is 5.91 Å². The molecule has 1 saturated heterocycles. The Morgan fingerprint density at radius 3 is 2.77 bits per heavy atom. The number of rotatable bonds is 10. The Balaban J connectivity index is 1.77. The summed E-state index contributed by atoms with van der Waals surface area (Å²) in [6, 6.07) is 3.80. The van der Waals surface area contributed by atoms with Gasteiger partial charge in [-0.2, -0.15) is 8.78 Å². The normalized spacial score (nSPS) is 18.3. The van der Waals surface area contributed by atoms with Crippen LogP contribution in [0.3, 0.4) is 0 Å². The highest BCUT2D eigenvalue weighted by atomic mass is 19.3. The fourth-order valence-electron chi connectivity index (χ4n) is 3.89. The third-order valence-corrected chi connectivity index (χ3v) is 5.83. The molecule has 1 aliphatic carbocycles. The number of carbonyl (C=O) groups excluding carboxylic acids is 2. The number of nitrogens with one attached hydrogen (secondary N) is 1. The standard InChI is InChI=1S/C21H30F2N4O4/c1-2-26(12-14-4-3-5-14)17(11-24)20(29)25-16-7-6-15(10-18(16)31-21(22)23)27-8-9-30-13-19(27)28/h6-7,10,14,17,21H,2-5,8-9,11-13,24H2,1H3,(H,25,29)/t17-/m1/s1. The van der Waals surface area contributed by atoms with Gasteiger partial charge < -0.3 is 25.4 Å². The van der Waals surface area contributed by atoms with E-state index in [-0.39, 0.29) is 36.4 Å². The lowest BCUT2D eigenvalue weighted by molar-refractivity contribution is -0.125. The van der Waals surface area contributed by atoms with Crippen LogP contribution >= 0.6 is 0 Å². The number of hydrogen-bond acceptors (Lipinski definition) is 6.